The van der Waals surface area contributed by atoms with E-state index in [1.165, 1.54) is 6.07 Å². The molecule has 0 bridgehead atoms. The first-order valence-corrected chi connectivity index (χ1v) is 8.48. The van der Waals surface area contributed by atoms with Crippen molar-refractivity contribution in [3.05, 3.63) is 84.7 Å². The third kappa shape index (κ3) is 3.77. The maximum absolute atomic E-state index is 14.2. The van der Waals surface area contributed by atoms with Crippen LogP contribution in [0.5, 0.6) is 0 Å². The van der Waals surface area contributed by atoms with Crippen LogP contribution in [0.25, 0.3) is 27.6 Å². The SMILES string of the molecule is C=C/C(=C\C=C/C)c1nc(NC)c2ccc(-c3cc(F)ccc3F)cc2n1. The molecule has 2 aromatic carbocycles. The summed E-state index contributed by atoms with van der Waals surface area (Å²) in [6.07, 6.45) is 7.32. The topological polar surface area (TPSA) is 37.8 Å². The van der Waals surface area contributed by atoms with E-state index in [9.17, 15) is 8.78 Å². The third-order valence-electron chi connectivity index (χ3n) is 4.12. The number of hydrogen-bond donors (Lipinski definition) is 1. The van der Waals surface area contributed by atoms with E-state index in [0.717, 1.165) is 23.1 Å². The molecule has 0 unspecified atom stereocenters. The van der Waals surface area contributed by atoms with E-state index in [1.54, 1.807) is 31.3 Å². The molecule has 0 saturated carbocycles. The van der Waals surface area contributed by atoms with E-state index in [4.69, 9.17) is 0 Å². The summed E-state index contributed by atoms with van der Waals surface area (Å²) in [5.74, 6) is 0.166. The highest BCUT2D eigenvalue weighted by atomic mass is 19.1. The molecule has 0 fully saturated rings. The van der Waals surface area contributed by atoms with E-state index >= 15 is 0 Å². The van der Waals surface area contributed by atoms with E-state index < -0.39 is 11.6 Å². The van der Waals surface area contributed by atoms with Crippen LogP contribution in [0.15, 0.2) is 67.3 Å². The van der Waals surface area contributed by atoms with Crippen LogP contribution in [0.2, 0.25) is 0 Å². The predicted octanol–water partition coefficient (Wildman–Crippen LogP) is 5.76. The lowest BCUT2D eigenvalue weighted by atomic mass is 10.0. The van der Waals surface area contributed by atoms with Gasteiger partial charge in [0.15, 0.2) is 5.82 Å². The molecular formula is C22H19F2N3. The van der Waals surface area contributed by atoms with Gasteiger partial charge in [-0.25, -0.2) is 18.7 Å². The lowest BCUT2D eigenvalue weighted by molar-refractivity contribution is 0.603. The molecule has 0 aliphatic carbocycles. The molecule has 0 aliphatic rings. The van der Waals surface area contributed by atoms with E-state index in [2.05, 4.69) is 21.9 Å². The number of hydrogen-bond acceptors (Lipinski definition) is 3. The average Bonchev–Trinajstić information content (AvgIpc) is 2.69. The van der Waals surface area contributed by atoms with Crippen LogP contribution in [-0.2, 0) is 0 Å². The summed E-state index contributed by atoms with van der Waals surface area (Å²) in [7, 11) is 1.77. The fourth-order valence-corrected chi connectivity index (χ4v) is 2.77. The molecule has 5 heteroatoms. The van der Waals surface area contributed by atoms with Gasteiger partial charge < -0.3 is 5.32 Å². The van der Waals surface area contributed by atoms with E-state index in [0.29, 0.717) is 22.7 Å². The molecular weight excluding hydrogens is 344 g/mol. The van der Waals surface area contributed by atoms with Gasteiger partial charge in [-0.15, -0.1) is 0 Å². The van der Waals surface area contributed by atoms with Gasteiger partial charge in [-0.2, -0.15) is 0 Å². The number of aromatic nitrogens is 2. The standard InChI is InChI=1S/C22H19F2N3/c1-4-6-7-14(5-2)21-26-20-12-15(8-10-17(20)22(25-3)27-21)18-13-16(23)9-11-19(18)24/h4-13H,2H2,1,3H3,(H,25,26,27)/b6-4-,14-7+. The lowest BCUT2D eigenvalue weighted by Crippen LogP contribution is -2.01. The van der Waals surface area contributed by atoms with Crippen molar-refractivity contribution in [2.45, 2.75) is 6.92 Å². The molecule has 1 N–H and O–H groups in total. The van der Waals surface area contributed by atoms with Crippen LogP contribution >= 0.6 is 0 Å². The summed E-state index contributed by atoms with van der Waals surface area (Å²) in [5.41, 5.74) is 2.12. The monoisotopic (exact) mass is 363 g/mol. The van der Waals surface area contributed by atoms with Gasteiger partial charge >= 0.3 is 0 Å². The normalized spacial score (nSPS) is 11.9. The molecule has 3 aromatic rings. The maximum Gasteiger partial charge on any atom is 0.162 e. The predicted molar refractivity (Wildman–Crippen MR) is 107 cm³/mol. The molecule has 0 saturated heterocycles. The van der Waals surface area contributed by atoms with Crippen LogP contribution in [-0.4, -0.2) is 17.0 Å². The van der Waals surface area contributed by atoms with Gasteiger partial charge in [0.2, 0.25) is 0 Å². The first kappa shape index (κ1) is 18.5. The van der Waals surface area contributed by atoms with Gasteiger partial charge in [0.05, 0.1) is 5.52 Å². The van der Waals surface area contributed by atoms with Gasteiger partial charge in [-0.3, -0.25) is 0 Å². The third-order valence-corrected chi connectivity index (χ3v) is 4.12. The number of rotatable bonds is 5. The largest absolute Gasteiger partial charge is 0.373 e. The molecule has 0 amide bonds. The summed E-state index contributed by atoms with van der Waals surface area (Å²) >= 11 is 0. The first-order chi connectivity index (χ1) is 13.1. The summed E-state index contributed by atoms with van der Waals surface area (Å²) in [5, 5.41) is 3.85. The second kappa shape index (κ2) is 7.91. The maximum atomic E-state index is 14.2. The highest BCUT2D eigenvalue weighted by molar-refractivity contribution is 5.93. The van der Waals surface area contributed by atoms with Crippen LogP contribution < -0.4 is 5.32 Å². The number of allylic oxidation sites excluding steroid dienone is 5. The van der Waals surface area contributed by atoms with Gasteiger partial charge in [-0.05, 0) is 42.8 Å². The van der Waals surface area contributed by atoms with Gasteiger partial charge in [0.1, 0.15) is 17.5 Å². The van der Waals surface area contributed by atoms with Crippen molar-refractivity contribution in [3.8, 4) is 11.1 Å². The molecule has 1 aromatic heterocycles. The first-order valence-electron chi connectivity index (χ1n) is 8.48. The second-order valence-electron chi connectivity index (χ2n) is 5.85. The second-order valence-corrected chi connectivity index (χ2v) is 5.85. The Morgan fingerprint density at radius 2 is 1.93 bits per heavy atom. The fraction of sp³-hybridized carbons (Fsp3) is 0.0909. The molecule has 136 valence electrons. The van der Waals surface area contributed by atoms with Gasteiger partial charge in [0.25, 0.3) is 0 Å². The minimum atomic E-state index is -0.492. The number of benzene rings is 2. The lowest BCUT2D eigenvalue weighted by Gasteiger charge is -2.11. The number of nitrogens with one attached hydrogen (secondary N) is 1. The number of nitrogens with zero attached hydrogens (tertiary/aromatic N) is 2. The zero-order valence-electron chi connectivity index (χ0n) is 15.1. The van der Waals surface area contributed by atoms with Crippen LogP contribution in [0.3, 0.4) is 0 Å². The molecule has 1 heterocycles. The van der Waals surface area contributed by atoms with Gasteiger partial charge in [0, 0.05) is 23.6 Å². The van der Waals surface area contributed by atoms with Gasteiger partial charge in [-0.1, -0.05) is 36.9 Å². The van der Waals surface area contributed by atoms with Crippen LogP contribution in [0, 0.1) is 11.6 Å². The van der Waals surface area contributed by atoms with Crippen molar-refractivity contribution < 1.29 is 8.78 Å². The van der Waals surface area contributed by atoms with E-state index in [1.807, 2.05) is 25.2 Å². The molecule has 3 nitrogen and oxygen atoms in total. The highest BCUT2D eigenvalue weighted by Crippen LogP contribution is 2.30. The molecule has 0 atom stereocenters. The molecule has 0 aliphatic heterocycles. The Labute approximate surface area is 156 Å². The zero-order chi connectivity index (χ0) is 19.4. The Kier molecular flexibility index (Phi) is 5.41. The Hall–Kier alpha value is -3.34. The fourth-order valence-electron chi connectivity index (χ4n) is 2.77. The van der Waals surface area contributed by atoms with Crippen LogP contribution in [0.4, 0.5) is 14.6 Å². The minimum Gasteiger partial charge on any atom is -0.373 e. The summed E-state index contributed by atoms with van der Waals surface area (Å²) < 4.78 is 27.7. The van der Waals surface area contributed by atoms with Crippen LogP contribution in [0.1, 0.15) is 12.7 Å². The van der Waals surface area contributed by atoms with E-state index in [-0.39, 0.29) is 5.56 Å². The van der Waals surface area contributed by atoms with Crippen molar-refractivity contribution in [3.63, 3.8) is 0 Å². The zero-order valence-corrected chi connectivity index (χ0v) is 15.1. The highest BCUT2D eigenvalue weighted by Gasteiger charge is 2.12. The number of anilines is 1. The van der Waals surface area contributed by atoms with Crippen molar-refractivity contribution in [1.29, 1.82) is 0 Å². The Morgan fingerprint density at radius 1 is 1.11 bits per heavy atom. The molecule has 0 radical (unpaired) electrons. The molecule has 0 spiro atoms. The molecule has 3 rings (SSSR count). The Balaban J connectivity index is 2.23. The number of fused-ring (bicyclic) bond motifs is 1. The number of halogens is 2. The average molecular weight is 363 g/mol. The molecule has 27 heavy (non-hydrogen) atoms. The Morgan fingerprint density at radius 3 is 2.63 bits per heavy atom. The summed E-state index contributed by atoms with van der Waals surface area (Å²) in [4.78, 5) is 9.15. The summed E-state index contributed by atoms with van der Waals surface area (Å²) in [6.45, 7) is 5.73. The smallest absolute Gasteiger partial charge is 0.162 e. The minimum absolute atomic E-state index is 0.191. The van der Waals surface area contributed by atoms with Crippen molar-refractivity contribution in [1.82, 2.24) is 9.97 Å². The summed E-state index contributed by atoms with van der Waals surface area (Å²) in [6, 6.07) is 8.66. The van der Waals surface area contributed by atoms with Crippen molar-refractivity contribution in [2.75, 3.05) is 12.4 Å². The quantitative estimate of drug-likeness (QED) is 0.586. The Bertz CT molecular complexity index is 1070. The van der Waals surface area contributed by atoms with Crippen molar-refractivity contribution in [2.24, 2.45) is 0 Å². The van der Waals surface area contributed by atoms with Crippen molar-refractivity contribution >= 4 is 22.3 Å².